The van der Waals surface area contributed by atoms with Gasteiger partial charge in [0, 0.05) is 63.0 Å². The number of hydrogen-bond donors (Lipinski definition) is 1. The van der Waals surface area contributed by atoms with Crippen LogP contribution in [0.1, 0.15) is 11.1 Å². The number of pyridine rings is 2. The van der Waals surface area contributed by atoms with E-state index in [4.69, 9.17) is 47.4 Å². The highest BCUT2D eigenvalue weighted by atomic mass is 79.9. The Hall–Kier alpha value is -5.00. The quantitative estimate of drug-likeness (QED) is 0.118. The third-order valence-electron chi connectivity index (χ3n) is 12.5. The Kier molecular flexibility index (Phi) is 16.2. The lowest BCUT2D eigenvalue weighted by molar-refractivity contribution is -0.686. The first-order valence-corrected chi connectivity index (χ1v) is 23.5. The molecule has 4 aromatic carbocycles. The Bertz CT molecular complexity index is 2690. The van der Waals surface area contributed by atoms with Gasteiger partial charge in [0.1, 0.15) is 6.61 Å². The Balaban J connectivity index is 0.000000159. The van der Waals surface area contributed by atoms with E-state index in [1.54, 1.807) is 14.2 Å². The highest BCUT2D eigenvalue weighted by Crippen LogP contribution is 2.43. The van der Waals surface area contributed by atoms with Crippen molar-refractivity contribution >= 4 is 62.3 Å². The molecule has 0 spiro atoms. The zero-order valence-corrected chi connectivity index (χ0v) is 41.0. The molecule has 12 rings (SSSR count). The number of hydrogen-bond acceptors (Lipinski definition) is 12. The summed E-state index contributed by atoms with van der Waals surface area (Å²) in [7, 11) is 3.37. The normalized spacial score (nSPS) is 16.0. The lowest BCUT2D eigenvalue weighted by Crippen LogP contribution is -2.40. The standard InChI is InChI=1S/C25H27N2O5.C21H19BrNO4.C4H9NO.2ClH/c1-28-22-3-2-17-12-21-19-14-24-23(31-16-32-24)13-18(19)4-5-27(21)15-20(17)25(22)30-11-8-26-6-9-29-10-7-26;1-24-18-3-2-13-8-17-15-10-20-19(26-12-27-20)9-14(15)4-6-23(17)11-16(13)21(18)25-7-5-22;1-3-6-4-2-5-1;;/h2-3,12-15H,4-11,16H2,1H3;2-3,8-11H,4-7,12H2,1H3;5H,1-4H2;2*1H/q2*+1;;;. The molecule has 6 aromatic rings. The van der Waals surface area contributed by atoms with Gasteiger partial charge in [-0.15, -0.1) is 24.8 Å². The molecule has 6 aliphatic heterocycles. The van der Waals surface area contributed by atoms with Gasteiger partial charge in [0.05, 0.1) is 69.2 Å². The van der Waals surface area contributed by atoms with Crippen LogP contribution in [0.3, 0.4) is 0 Å². The van der Waals surface area contributed by atoms with E-state index >= 15 is 0 Å². The van der Waals surface area contributed by atoms with Gasteiger partial charge < -0.3 is 52.7 Å². The zero-order valence-electron chi connectivity index (χ0n) is 37.8. The number of methoxy groups -OCH3 is 2. The number of aryl methyl sites for hydroxylation is 4. The average molecular weight is 1020 g/mol. The number of alkyl halides is 1. The fraction of sp³-hybridized carbons (Fsp3) is 0.400. The van der Waals surface area contributed by atoms with Gasteiger partial charge >= 0.3 is 0 Å². The number of aromatic nitrogens is 2. The van der Waals surface area contributed by atoms with Crippen molar-refractivity contribution in [3.8, 4) is 68.5 Å². The maximum Gasteiger partial charge on any atom is 0.231 e. The number of nitrogens with zero attached hydrogens (tertiary/aromatic N) is 3. The summed E-state index contributed by atoms with van der Waals surface area (Å²) >= 11 is 3.43. The fourth-order valence-electron chi connectivity index (χ4n) is 9.17. The van der Waals surface area contributed by atoms with E-state index in [0.29, 0.717) is 26.8 Å². The van der Waals surface area contributed by atoms with Gasteiger partial charge in [0.25, 0.3) is 0 Å². The molecule has 2 aromatic heterocycles. The van der Waals surface area contributed by atoms with Gasteiger partial charge in [-0.25, -0.2) is 0 Å². The maximum atomic E-state index is 6.31. The van der Waals surface area contributed by atoms with Crippen molar-refractivity contribution in [3.63, 3.8) is 0 Å². The van der Waals surface area contributed by atoms with Crippen LogP contribution >= 0.6 is 40.7 Å². The molecule has 0 bridgehead atoms. The first-order valence-electron chi connectivity index (χ1n) is 22.4. The topological polar surface area (TPSA) is 115 Å². The minimum atomic E-state index is 0. The molecular formula is C50H57BrCl2N4O10+2. The summed E-state index contributed by atoms with van der Waals surface area (Å²) in [5, 5.41) is 8.31. The Labute approximate surface area is 411 Å². The second-order valence-corrected chi connectivity index (χ2v) is 17.1. The van der Waals surface area contributed by atoms with Gasteiger partial charge in [-0.05, 0) is 70.4 Å². The molecule has 14 nitrogen and oxygen atoms in total. The summed E-state index contributed by atoms with van der Waals surface area (Å²) in [6.07, 6.45) is 6.28. The third-order valence-corrected chi connectivity index (χ3v) is 12.8. The molecule has 0 atom stereocenters. The van der Waals surface area contributed by atoms with Crippen molar-refractivity contribution in [3.05, 3.63) is 84.2 Å². The van der Waals surface area contributed by atoms with E-state index in [0.717, 1.165) is 158 Å². The predicted octanol–water partition coefficient (Wildman–Crippen LogP) is 7.11. The number of morpholine rings is 2. The first kappa shape index (κ1) is 48.5. The molecule has 2 saturated heterocycles. The van der Waals surface area contributed by atoms with Crippen LogP contribution in [-0.2, 0) is 35.4 Å². The molecule has 8 heterocycles. The SMILES string of the molecule is C1COCCN1.COc1ccc2cc3[n+](cc2c1OCCBr)CCc1cc2c(cc1-3)OCO2.COc1ccc2cc3[n+](cc2c1OCCN1CCOCC1)CCc1cc2c(cc1-3)OCO2.Cl.Cl. The Morgan fingerprint density at radius 2 is 1.09 bits per heavy atom. The van der Waals surface area contributed by atoms with E-state index in [9.17, 15) is 0 Å². The summed E-state index contributed by atoms with van der Waals surface area (Å²) in [5.74, 6) is 6.45. The van der Waals surface area contributed by atoms with Crippen molar-refractivity contribution in [2.75, 3.05) is 106 Å². The van der Waals surface area contributed by atoms with Crippen molar-refractivity contribution in [2.24, 2.45) is 0 Å². The molecule has 0 saturated carbocycles. The van der Waals surface area contributed by atoms with Gasteiger partial charge in [0.2, 0.25) is 25.0 Å². The molecule has 1 N–H and O–H groups in total. The Morgan fingerprint density at radius 3 is 1.54 bits per heavy atom. The van der Waals surface area contributed by atoms with Crippen LogP contribution in [0.15, 0.2) is 73.1 Å². The van der Waals surface area contributed by atoms with Crippen molar-refractivity contribution in [1.29, 1.82) is 0 Å². The number of fused-ring (bicyclic) bond motifs is 10. The van der Waals surface area contributed by atoms with Crippen molar-refractivity contribution < 1.29 is 56.5 Å². The van der Waals surface area contributed by atoms with Crippen LogP contribution in [0.4, 0.5) is 0 Å². The zero-order chi connectivity index (χ0) is 44.1. The third kappa shape index (κ3) is 10.4. The van der Waals surface area contributed by atoms with Crippen LogP contribution in [0.2, 0.25) is 0 Å². The van der Waals surface area contributed by atoms with E-state index < -0.39 is 0 Å². The molecule has 0 radical (unpaired) electrons. The molecule has 0 aliphatic carbocycles. The van der Waals surface area contributed by atoms with Crippen LogP contribution in [0.5, 0.6) is 46.0 Å². The van der Waals surface area contributed by atoms with Gasteiger partial charge in [-0.3, -0.25) is 4.90 Å². The largest absolute Gasteiger partial charge is 0.493 e. The molecule has 356 valence electrons. The second-order valence-electron chi connectivity index (χ2n) is 16.3. The van der Waals surface area contributed by atoms with Crippen molar-refractivity contribution in [1.82, 2.24) is 10.2 Å². The molecule has 67 heavy (non-hydrogen) atoms. The summed E-state index contributed by atoms with van der Waals surface area (Å²) in [5.41, 5.74) is 7.35. The van der Waals surface area contributed by atoms with Gasteiger partial charge in [-0.1, -0.05) is 15.9 Å². The molecule has 0 unspecified atom stereocenters. The monoisotopic (exact) mass is 1020 g/mol. The summed E-state index contributed by atoms with van der Waals surface area (Å²) in [6, 6.07) is 21.0. The summed E-state index contributed by atoms with van der Waals surface area (Å²) < 4.78 is 60.8. The fourth-order valence-corrected chi connectivity index (χ4v) is 9.33. The number of benzene rings is 4. The minimum Gasteiger partial charge on any atom is -0.493 e. The summed E-state index contributed by atoms with van der Waals surface area (Å²) in [6.45, 7) is 11.8. The van der Waals surface area contributed by atoms with E-state index in [1.807, 2.05) is 12.1 Å². The molecule has 2 fully saturated rings. The van der Waals surface area contributed by atoms with E-state index in [1.165, 1.54) is 33.6 Å². The number of halogens is 3. The lowest BCUT2D eigenvalue weighted by atomic mass is 9.95. The smallest absolute Gasteiger partial charge is 0.231 e. The van der Waals surface area contributed by atoms with E-state index in [-0.39, 0.29) is 24.8 Å². The molecule has 17 heteroatoms. The van der Waals surface area contributed by atoms with Gasteiger partial charge in [0.15, 0.2) is 71.5 Å². The summed E-state index contributed by atoms with van der Waals surface area (Å²) in [4.78, 5) is 2.37. The molecule has 6 aliphatic rings. The predicted molar refractivity (Wildman–Crippen MR) is 262 cm³/mol. The van der Waals surface area contributed by atoms with Gasteiger partial charge in [-0.2, -0.15) is 9.13 Å². The van der Waals surface area contributed by atoms with Crippen LogP contribution in [0.25, 0.3) is 44.1 Å². The molecule has 0 amide bonds. The molecular weight excluding hydrogens is 967 g/mol. The van der Waals surface area contributed by atoms with Crippen LogP contribution in [-0.4, -0.2) is 110 Å². The van der Waals surface area contributed by atoms with Crippen molar-refractivity contribution in [2.45, 2.75) is 25.9 Å². The van der Waals surface area contributed by atoms with Crippen LogP contribution < -0.4 is 52.3 Å². The maximum absolute atomic E-state index is 6.31. The Morgan fingerprint density at radius 1 is 0.612 bits per heavy atom. The lowest BCUT2D eigenvalue weighted by Gasteiger charge is -2.26. The highest BCUT2D eigenvalue weighted by molar-refractivity contribution is 9.09. The number of ether oxygens (including phenoxy) is 10. The second kappa shape index (κ2) is 22.4. The average Bonchev–Trinajstić information content (AvgIpc) is 4.03. The van der Waals surface area contributed by atoms with Crippen LogP contribution in [0, 0.1) is 0 Å². The van der Waals surface area contributed by atoms with E-state index in [2.05, 4.69) is 96.2 Å². The first-order chi connectivity index (χ1) is 32.1. The number of rotatable bonds is 9. The number of nitrogens with one attached hydrogen (secondary N) is 1. The highest BCUT2D eigenvalue weighted by Gasteiger charge is 2.31. The minimum absolute atomic E-state index is 0.